The zero-order valence-corrected chi connectivity index (χ0v) is 10.6. The Labute approximate surface area is 103 Å². The van der Waals surface area contributed by atoms with Crippen LogP contribution in [0.1, 0.15) is 19.8 Å². The first kappa shape index (κ1) is 13.8. The molecule has 3 nitrogen and oxygen atoms in total. The molecular weight excluding hydrogens is 241 g/mol. The number of hydrogen-bond acceptors (Lipinski definition) is 2. The molecule has 0 radical (unpaired) electrons. The van der Waals surface area contributed by atoms with Gasteiger partial charge in [-0.05, 0) is 30.7 Å². The molecule has 1 unspecified atom stereocenters. The van der Waals surface area contributed by atoms with Crippen molar-refractivity contribution in [3.63, 3.8) is 0 Å². The normalized spacial score (nSPS) is 12.1. The molecule has 0 fully saturated rings. The minimum atomic E-state index is -1.41. The fourth-order valence-corrected chi connectivity index (χ4v) is 2.19. The Bertz CT molecular complexity index is 392. The lowest BCUT2D eigenvalue weighted by Crippen LogP contribution is -2.29. The molecule has 94 valence electrons. The molecule has 0 saturated carbocycles. The van der Waals surface area contributed by atoms with Crippen LogP contribution < -0.4 is 5.32 Å². The molecule has 1 N–H and O–H groups in total. The Balaban J connectivity index is 2.43. The monoisotopic (exact) mass is 257 g/mol. The molecule has 1 atom stereocenters. The van der Waals surface area contributed by atoms with Gasteiger partial charge in [0.2, 0.25) is 5.91 Å². The molecule has 1 amide bonds. The van der Waals surface area contributed by atoms with Gasteiger partial charge < -0.3 is 5.32 Å². The predicted molar refractivity (Wildman–Crippen MR) is 65.6 cm³/mol. The summed E-state index contributed by atoms with van der Waals surface area (Å²) in [5.74, 6) is -0.686. The van der Waals surface area contributed by atoms with E-state index in [-0.39, 0.29) is 17.5 Å². The van der Waals surface area contributed by atoms with Gasteiger partial charge in [0, 0.05) is 11.4 Å². The standard InChI is InChI=1S/C12H16FNO2S/c1-2-3-8-14-12(15)9-17(16)11-6-4-10(13)5-7-11/h4-7H,2-3,8-9H2,1H3,(H,14,15). The van der Waals surface area contributed by atoms with Gasteiger partial charge in [0.25, 0.3) is 0 Å². The van der Waals surface area contributed by atoms with E-state index in [0.717, 1.165) is 12.8 Å². The lowest BCUT2D eigenvalue weighted by Gasteiger charge is -2.04. The van der Waals surface area contributed by atoms with Gasteiger partial charge in [0.05, 0.1) is 10.8 Å². The molecule has 1 aromatic rings. The van der Waals surface area contributed by atoms with Crippen LogP contribution >= 0.6 is 0 Å². The molecule has 0 heterocycles. The van der Waals surface area contributed by atoms with Crippen molar-refractivity contribution in [1.29, 1.82) is 0 Å². The minimum absolute atomic E-state index is 0.0741. The third-order valence-corrected chi connectivity index (χ3v) is 3.51. The van der Waals surface area contributed by atoms with Crippen LogP contribution in [0.25, 0.3) is 0 Å². The fourth-order valence-electron chi connectivity index (χ4n) is 1.24. The van der Waals surface area contributed by atoms with Gasteiger partial charge in [-0.25, -0.2) is 4.39 Å². The molecule has 17 heavy (non-hydrogen) atoms. The van der Waals surface area contributed by atoms with Crippen LogP contribution in [0, 0.1) is 5.82 Å². The topological polar surface area (TPSA) is 46.2 Å². The highest BCUT2D eigenvalue weighted by atomic mass is 32.2. The second-order valence-corrected chi connectivity index (χ2v) is 5.10. The quantitative estimate of drug-likeness (QED) is 0.791. The van der Waals surface area contributed by atoms with Crippen LogP contribution in [-0.2, 0) is 15.6 Å². The van der Waals surface area contributed by atoms with Crippen molar-refractivity contribution in [2.75, 3.05) is 12.3 Å². The number of unbranched alkanes of at least 4 members (excludes halogenated alkanes) is 1. The lowest BCUT2D eigenvalue weighted by atomic mass is 10.3. The van der Waals surface area contributed by atoms with Crippen molar-refractivity contribution in [3.05, 3.63) is 30.1 Å². The SMILES string of the molecule is CCCCNC(=O)CS(=O)c1ccc(F)cc1. The third kappa shape index (κ3) is 5.08. The molecule has 0 aliphatic carbocycles. The maximum atomic E-state index is 12.6. The summed E-state index contributed by atoms with van der Waals surface area (Å²) < 4.78 is 24.4. The summed E-state index contributed by atoms with van der Waals surface area (Å²) in [5.41, 5.74) is 0. The van der Waals surface area contributed by atoms with Gasteiger partial charge in [-0.3, -0.25) is 9.00 Å². The van der Waals surface area contributed by atoms with Gasteiger partial charge in [-0.1, -0.05) is 13.3 Å². The first-order chi connectivity index (χ1) is 8.13. The third-order valence-electron chi connectivity index (χ3n) is 2.19. The van der Waals surface area contributed by atoms with E-state index in [1.54, 1.807) is 0 Å². The summed E-state index contributed by atoms with van der Waals surface area (Å²) in [5, 5.41) is 2.69. The number of halogens is 1. The van der Waals surface area contributed by atoms with Crippen molar-refractivity contribution < 1.29 is 13.4 Å². The summed E-state index contributed by atoms with van der Waals surface area (Å²) in [6, 6.07) is 5.35. The molecule has 5 heteroatoms. The van der Waals surface area contributed by atoms with Crippen LogP contribution in [0.15, 0.2) is 29.2 Å². The highest BCUT2D eigenvalue weighted by Crippen LogP contribution is 2.07. The Hall–Kier alpha value is -1.23. The van der Waals surface area contributed by atoms with E-state index in [2.05, 4.69) is 5.32 Å². The summed E-state index contributed by atoms with van der Waals surface area (Å²) in [4.78, 5) is 11.9. The molecule has 0 aromatic heterocycles. The lowest BCUT2D eigenvalue weighted by molar-refractivity contribution is -0.118. The van der Waals surface area contributed by atoms with Gasteiger partial charge in [0.15, 0.2) is 0 Å². The Morgan fingerprint density at radius 2 is 2.00 bits per heavy atom. The van der Waals surface area contributed by atoms with Crippen molar-refractivity contribution in [2.45, 2.75) is 24.7 Å². The van der Waals surface area contributed by atoms with Crippen LogP contribution in [0.2, 0.25) is 0 Å². The number of rotatable bonds is 6. The van der Waals surface area contributed by atoms with E-state index in [1.165, 1.54) is 24.3 Å². The number of carbonyl (C=O) groups excluding carboxylic acids is 1. The van der Waals surface area contributed by atoms with Gasteiger partial charge in [-0.15, -0.1) is 0 Å². The van der Waals surface area contributed by atoms with Crippen LogP contribution in [-0.4, -0.2) is 22.4 Å². The molecule has 1 rings (SSSR count). The van der Waals surface area contributed by atoms with E-state index in [4.69, 9.17) is 0 Å². The van der Waals surface area contributed by atoms with E-state index in [1.807, 2.05) is 6.92 Å². The van der Waals surface area contributed by atoms with Gasteiger partial charge in [0.1, 0.15) is 11.6 Å². The first-order valence-electron chi connectivity index (χ1n) is 5.54. The van der Waals surface area contributed by atoms with E-state index in [9.17, 15) is 13.4 Å². The Morgan fingerprint density at radius 1 is 1.35 bits per heavy atom. The predicted octanol–water partition coefficient (Wildman–Crippen LogP) is 1.85. The fraction of sp³-hybridized carbons (Fsp3) is 0.417. The van der Waals surface area contributed by atoms with E-state index >= 15 is 0 Å². The average Bonchev–Trinajstić information content (AvgIpc) is 2.30. The molecular formula is C12H16FNO2S. The zero-order valence-electron chi connectivity index (χ0n) is 9.74. The van der Waals surface area contributed by atoms with Crippen LogP contribution in [0.5, 0.6) is 0 Å². The highest BCUT2D eigenvalue weighted by molar-refractivity contribution is 7.85. The number of carbonyl (C=O) groups is 1. The molecule has 0 spiro atoms. The summed E-state index contributed by atoms with van der Waals surface area (Å²) in [6.07, 6.45) is 1.91. The number of hydrogen-bond donors (Lipinski definition) is 1. The second kappa shape index (κ2) is 7.17. The second-order valence-electron chi connectivity index (χ2n) is 3.65. The van der Waals surface area contributed by atoms with Gasteiger partial charge >= 0.3 is 0 Å². The van der Waals surface area contributed by atoms with Crippen molar-refractivity contribution in [1.82, 2.24) is 5.32 Å². The maximum Gasteiger partial charge on any atom is 0.232 e. The summed E-state index contributed by atoms with van der Waals surface area (Å²) in [6.45, 7) is 2.64. The number of nitrogens with one attached hydrogen (secondary N) is 1. The zero-order chi connectivity index (χ0) is 12.7. The molecule has 0 bridgehead atoms. The Kier molecular flexibility index (Phi) is 5.83. The summed E-state index contributed by atoms with van der Waals surface area (Å²) >= 11 is 0. The number of amides is 1. The first-order valence-corrected chi connectivity index (χ1v) is 6.86. The van der Waals surface area contributed by atoms with Crippen molar-refractivity contribution in [3.8, 4) is 0 Å². The summed E-state index contributed by atoms with van der Waals surface area (Å²) in [7, 11) is -1.41. The van der Waals surface area contributed by atoms with E-state index in [0.29, 0.717) is 11.4 Å². The van der Waals surface area contributed by atoms with Crippen LogP contribution in [0.3, 0.4) is 0 Å². The average molecular weight is 257 g/mol. The van der Waals surface area contributed by atoms with E-state index < -0.39 is 10.8 Å². The number of benzene rings is 1. The van der Waals surface area contributed by atoms with Crippen molar-refractivity contribution >= 4 is 16.7 Å². The highest BCUT2D eigenvalue weighted by Gasteiger charge is 2.09. The molecule has 1 aromatic carbocycles. The van der Waals surface area contributed by atoms with Crippen molar-refractivity contribution in [2.24, 2.45) is 0 Å². The smallest absolute Gasteiger partial charge is 0.232 e. The van der Waals surface area contributed by atoms with Gasteiger partial charge in [-0.2, -0.15) is 0 Å². The largest absolute Gasteiger partial charge is 0.355 e. The minimum Gasteiger partial charge on any atom is -0.355 e. The molecule has 0 aliphatic rings. The van der Waals surface area contributed by atoms with Crippen LogP contribution in [0.4, 0.5) is 4.39 Å². The maximum absolute atomic E-state index is 12.6. The Morgan fingerprint density at radius 3 is 2.59 bits per heavy atom. The molecule has 0 saturated heterocycles. The molecule has 0 aliphatic heterocycles.